The summed E-state index contributed by atoms with van der Waals surface area (Å²) in [5, 5.41) is 3.32. The average Bonchev–Trinajstić information content (AvgIpc) is 2.63. The van der Waals surface area contributed by atoms with Crippen LogP contribution in [0.2, 0.25) is 0 Å². The molecule has 1 aromatic heterocycles. The average molecular weight is 251 g/mol. The molecule has 0 atom stereocenters. The molecule has 1 saturated heterocycles. The zero-order chi connectivity index (χ0) is 13.2. The van der Waals surface area contributed by atoms with E-state index >= 15 is 0 Å². The molecule has 0 unspecified atom stereocenters. The van der Waals surface area contributed by atoms with Crippen LogP contribution in [0.4, 0.5) is 0 Å². The molecule has 4 heteroatoms. The van der Waals surface area contributed by atoms with Crippen molar-refractivity contribution in [3.63, 3.8) is 0 Å². The van der Waals surface area contributed by atoms with E-state index in [4.69, 9.17) is 4.42 Å². The molecule has 0 spiro atoms. The molecule has 0 radical (unpaired) electrons. The smallest absolute Gasteiger partial charge is 0.208 e. The highest BCUT2D eigenvalue weighted by molar-refractivity contribution is 5.06. The maximum atomic E-state index is 5.87. The Labute approximate surface area is 110 Å². The lowest BCUT2D eigenvalue weighted by Crippen LogP contribution is -2.57. The number of aromatic nitrogens is 1. The maximum absolute atomic E-state index is 5.87. The topological polar surface area (TPSA) is 41.3 Å². The van der Waals surface area contributed by atoms with Crippen molar-refractivity contribution in [3.8, 4) is 0 Å². The minimum atomic E-state index is 0.0405. The van der Waals surface area contributed by atoms with E-state index in [0.717, 1.165) is 37.8 Å². The second-order valence-corrected chi connectivity index (χ2v) is 6.15. The van der Waals surface area contributed by atoms with Crippen LogP contribution in [-0.2, 0) is 12.0 Å². The quantitative estimate of drug-likeness (QED) is 0.870. The fraction of sp³-hybridized carbons (Fsp3) is 0.786. The normalized spacial score (nSPS) is 17.2. The lowest BCUT2D eigenvalue weighted by molar-refractivity contribution is 0.124. The molecule has 1 aliphatic rings. The van der Waals surface area contributed by atoms with Gasteiger partial charge in [-0.1, -0.05) is 27.7 Å². The highest BCUT2D eigenvalue weighted by atomic mass is 16.4. The Balaban J connectivity index is 2.00. The molecule has 1 fully saturated rings. The van der Waals surface area contributed by atoms with Crippen LogP contribution < -0.4 is 5.32 Å². The molecule has 0 amide bonds. The Morgan fingerprint density at radius 3 is 2.61 bits per heavy atom. The van der Waals surface area contributed by atoms with E-state index in [2.05, 4.69) is 42.9 Å². The fourth-order valence-corrected chi connectivity index (χ4v) is 2.11. The van der Waals surface area contributed by atoms with Crippen molar-refractivity contribution in [2.75, 3.05) is 19.6 Å². The van der Waals surface area contributed by atoms with Crippen molar-refractivity contribution >= 4 is 0 Å². The minimum absolute atomic E-state index is 0.0405. The SMILES string of the molecule is CCCN(Cc1ncc(C(C)(C)C)o1)C1CNC1. The number of nitrogens with one attached hydrogen (secondary N) is 1. The number of nitrogens with zero attached hydrogens (tertiary/aromatic N) is 2. The van der Waals surface area contributed by atoms with Crippen molar-refractivity contribution in [3.05, 3.63) is 17.8 Å². The first kappa shape index (κ1) is 13.6. The monoisotopic (exact) mass is 251 g/mol. The standard InChI is InChI=1S/C14H25N3O/c1-5-6-17(11-7-15-8-11)10-13-16-9-12(18-13)14(2,3)4/h9,11,15H,5-8,10H2,1-4H3. The number of oxazole rings is 1. The summed E-state index contributed by atoms with van der Waals surface area (Å²) >= 11 is 0. The van der Waals surface area contributed by atoms with Crippen molar-refractivity contribution in [1.29, 1.82) is 0 Å². The van der Waals surface area contributed by atoms with E-state index in [1.807, 2.05) is 6.20 Å². The molecule has 0 bridgehead atoms. The van der Waals surface area contributed by atoms with Crippen LogP contribution in [0.5, 0.6) is 0 Å². The van der Waals surface area contributed by atoms with E-state index in [0.29, 0.717) is 6.04 Å². The third-order valence-electron chi connectivity index (χ3n) is 3.42. The molecule has 1 aliphatic heterocycles. The van der Waals surface area contributed by atoms with Gasteiger partial charge < -0.3 is 9.73 Å². The molecular weight excluding hydrogens is 226 g/mol. The van der Waals surface area contributed by atoms with Crippen LogP contribution in [0.15, 0.2) is 10.6 Å². The zero-order valence-corrected chi connectivity index (χ0v) is 12.0. The van der Waals surface area contributed by atoms with Crippen LogP contribution in [0.1, 0.15) is 45.8 Å². The Morgan fingerprint density at radius 2 is 2.17 bits per heavy atom. The number of hydrogen-bond donors (Lipinski definition) is 1. The largest absolute Gasteiger partial charge is 0.444 e. The Bertz CT molecular complexity index is 377. The predicted molar refractivity (Wildman–Crippen MR) is 72.6 cm³/mol. The third kappa shape index (κ3) is 3.12. The van der Waals surface area contributed by atoms with E-state index in [1.165, 1.54) is 6.42 Å². The van der Waals surface area contributed by atoms with Gasteiger partial charge in [0.05, 0.1) is 12.7 Å². The highest BCUT2D eigenvalue weighted by Gasteiger charge is 2.26. The fourth-order valence-electron chi connectivity index (χ4n) is 2.11. The number of rotatable bonds is 5. The van der Waals surface area contributed by atoms with E-state index in [1.54, 1.807) is 0 Å². The summed E-state index contributed by atoms with van der Waals surface area (Å²) in [4.78, 5) is 6.88. The molecular formula is C14H25N3O. The van der Waals surface area contributed by atoms with Crippen LogP contribution in [0.3, 0.4) is 0 Å². The predicted octanol–water partition coefficient (Wildman–Crippen LogP) is 2.16. The molecule has 2 heterocycles. The third-order valence-corrected chi connectivity index (χ3v) is 3.42. The second kappa shape index (κ2) is 5.41. The Morgan fingerprint density at radius 1 is 1.44 bits per heavy atom. The molecule has 1 N–H and O–H groups in total. The van der Waals surface area contributed by atoms with Crippen LogP contribution in [-0.4, -0.2) is 35.6 Å². The molecule has 0 aromatic carbocycles. The van der Waals surface area contributed by atoms with Crippen LogP contribution in [0, 0.1) is 0 Å². The molecule has 0 saturated carbocycles. The first-order valence-electron chi connectivity index (χ1n) is 6.90. The summed E-state index contributed by atoms with van der Waals surface area (Å²) < 4.78 is 5.87. The summed E-state index contributed by atoms with van der Waals surface area (Å²) in [5.41, 5.74) is 0.0405. The first-order chi connectivity index (χ1) is 8.50. The van der Waals surface area contributed by atoms with Crippen LogP contribution in [0.25, 0.3) is 0 Å². The van der Waals surface area contributed by atoms with Gasteiger partial charge >= 0.3 is 0 Å². The zero-order valence-electron chi connectivity index (χ0n) is 12.0. The Kier molecular flexibility index (Phi) is 4.07. The highest BCUT2D eigenvalue weighted by Crippen LogP contribution is 2.23. The minimum Gasteiger partial charge on any atom is -0.444 e. The summed E-state index contributed by atoms with van der Waals surface area (Å²) in [6, 6.07) is 0.648. The van der Waals surface area contributed by atoms with Crippen molar-refractivity contribution in [2.45, 2.75) is 52.1 Å². The van der Waals surface area contributed by atoms with Gasteiger partial charge in [0.25, 0.3) is 0 Å². The number of hydrogen-bond acceptors (Lipinski definition) is 4. The summed E-state index contributed by atoms with van der Waals surface area (Å²) in [7, 11) is 0. The van der Waals surface area contributed by atoms with Gasteiger partial charge in [-0.3, -0.25) is 4.90 Å². The van der Waals surface area contributed by atoms with Crippen molar-refractivity contribution in [1.82, 2.24) is 15.2 Å². The van der Waals surface area contributed by atoms with E-state index in [-0.39, 0.29) is 5.41 Å². The van der Waals surface area contributed by atoms with Gasteiger partial charge in [-0.05, 0) is 13.0 Å². The lowest BCUT2D eigenvalue weighted by Gasteiger charge is -2.37. The first-order valence-corrected chi connectivity index (χ1v) is 6.90. The lowest BCUT2D eigenvalue weighted by atomic mass is 9.94. The van der Waals surface area contributed by atoms with Crippen molar-refractivity contribution in [2.24, 2.45) is 0 Å². The van der Waals surface area contributed by atoms with Gasteiger partial charge in [-0.2, -0.15) is 0 Å². The maximum Gasteiger partial charge on any atom is 0.208 e. The molecule has 2 rings (SSSR count). The molecule has 102 valence electrons. The van der Waals surface area contributed by atoms with Gasteiger partial charge in [0.15, 0.2) is 0 Å². The van der Waals surface area contributed by atoms with Gasteiger partial charge in [0.1, 0.15) is 5.76 Å². The summed E-state index contributed by atoms with van der Waals surface area (Å²) in [5.74, 6) is 1.82. The molecule has 4 nitrogen and oxygen atoms in total. The molecule has 1 aromatic rings. The van der Waals surface area contributed by atoms with Gasteiger partial charge in [-0.15, -0.1) is 0 Å². The Hall–Kier alpha value is -0.870. The molecule has 0 aliphatic carbocycles. The van der Waals surface area contributed by atoms with Crippen LogP contribution >= 0.6 is 0 Å². The van der Waals surface area contributed by atoms with Gasteiger partial charge in [0.2, 0.25) is 5.89 Å². The van der Waals surface area contributed by atoms with E-state index < -0.39 is 0 Å². The molecule has 18 heavy (non-hydrogen) atoms. The van der Waals surface area contributed by atoms with E-state index in [9.17, 15) is 0 Å². The van der Waals surface area contributed by atoms with Gasteiger partial charge in [0, 0.05) is 24.5 Å². The van der Waals surface area contributed by atoms with Crippen molar-refractivity contribution < 1.29 is 4.42 Å². The second-order valence-electron chi connectivity index (χ2n) is 6.15. The van der Waals surface area contributed by atoms with Gasteiger partial charge in [-0.25, -0.2) is 4.98 Å². The summed E-state index contributed by atoms with van der Waals surface area (Å²) in [6.07, 6.45) is 3.04. The summed E-state index contributed by atoms with van der Waals surface area (Å²) in [6.45, 7) is 12.8.